The molecule has 2 aromatic carbocycles. The fraction of sp³-hybridized carbons (Fsp3) is 0.250. The molecule has 1 aromatic heterocycles. The molecule has 3 aromatic rings. The molecule has 6 heteroatoms. The normalized spacial score (nSPS) is 19.7. The number of rotatable bonds is 3. The lowest BCUT2D eigenvalue weighted by atomic mass is 10.1. The Labute approximate surface area is 151 Å². The maximum atomic E-state index is 12.2. The van der Waals surface area contributed by atoms with E-state index in [9.17, 15) is 9.90 Å². The summed E-state index contributed by atoms with van der Waals surface area (Å²) in [5.41, 5.74) is 1.69. The van der Waals surface area contributed by atoms with E-state index in [-0.39, 0.29) is 5.97 Å². The number of nitrogens with zero attached hydrogens (tertiary/aromatic N) is 3. The summed E-state index contributed by atoms with van der Waals surface area (Å²) in [6, 6.07) is 16.8. The zero-order valence-corrected chi connectivity index (χ0v) is 14.4. The van der Waals surface area contributed by atoms with Crippen molar-refractivity contribution in [1.82, 2.24) is 9.97 Å². The summed E-state index contributed by atoms with van der Waals surface area (Å²) < 4.78 is 4.93. The average molecular weight is 349 g/mol. The standard InChI is InChI=1S/C20H19N3O3/c1-26-20(25)17-11-14(24)12-23(17)19-15-9-5-6-10-16(15)21-18(22-19)13-7-3-2-4-8-13/h2-10,14,17,24H,11-12H2,1H3/t14-,17+/m1/s1. The highest BCUT2D eigenvalue weighted by molar-refractivity contribution is 5.93. The molecule has 1 fully saturated rings. The Morgan fingerprint density at radius 2 is 1.85 bits per heavy atom. The van der Waals surface area contributed by atoms with Crippen LogP contribution in [0.15, 0.2) is 54.6 Å². The molecule has 6 nitrogen and oxygen atoms in total. The van der Waals surface area contributed by atoms with Crippen molar-refractivity contribution < 1.29 is 14.6 Å². The number of carbonyl (C=O) groups excluding carboxylic acids is 1. The molecular formula is C20H19N3O3. The number of β-amino-alcohol motifs (C(OH)–C–C–N with tert-alkyl or cyclic N) is 1. The minimum Gasteiger partial charge on any atom is -0.467 e. The number of aromatic nitrogens is 2. The molecule has 1 saturated heterocycles. The largest absolute Gasteiger partial charge is 0.467 e. The van der Waals surface area contributed by atoms with E-state index in [1.165, 1.54) is 7.11 Å². The molecule has 0 saturated carbocycles. The van der Waals surface area contributed by atoms with E-state index >= 15 is 0 Å². The molecule has 4 rings (SSSR count). The van der Waals surface area contributed by atoms with Crippen molar-refractivity contribution in [2.24, 2.45) is 0 Å². The molecule has 0 radical (unpaired) electrons. The van der Waals surface area contributed by atoms with Crippen LogP contribution in [0.3, 0.4) is 0 Å². The number of carbonyl (C=O) groups is 1. The van der Waals surface area contributed by atoms with Crippen molar-refractivity contribution in [3.63, 3.8) is 0 Å². The fourth-order valence-electron chi connectivity index (χ4n) is 3.40. The summed E-state index contributed by atoms with van der Waals surface area (Å²) in [5, 5.41) is 11.0. The number of para-hydroxylation sites is 1. The lowest BCUT2D eigenvalue weighted by Gasteiger charge is -2.25. The average Bonchev–Trinajstić information content (AvgIpc) is 3.08. The summed E-state index contributed by atoms with van der Waals surface area (Å²) in [4.78, 5) is 23.5. The molecule has 26 heavy (non-hydrogen) atoms. The smallest absolute Gasteiger partial charge is 0.328 e. The zero-order chi connectivity index (χ0) is 18.1. The van der Waals surface area contributed by atoms with Gasteiger partial charge in [0.05, 0.1) is 18.7 Å². The number of anilines is 1. The van der Waals surface area contributed by atoms with E-state index in [0.717, 1.165) is 16.5 Å². The van der Waals surface area contributed by atoms with Crippen molar-refractivity contribution >= 4 is 22.7 Å². The van der Waals surface area contributed by atoms with Crippen molar-refractivity contribution in [1.29, 1.82) is 0 Å². The van der Waals surface area contributed by atoms with E-state index in [2.05, 4.69) is 4.98 Å². The number of benzene rings is 2. The van der Waals surface area contributed by atoms with Gasteiger partial charge in [0.1, 0.15) is 11.9 Å². The number of esters is 1. The number of methoxy groups -OCH3 is 1. The van der Waals surface area contributed by atoms with Gasteiger partial charge in [-0.15, -0.1) is 0 Å². The van der Waals surface area contributed by atoms with Crippen molar-refractivity contribution in [3.05, 3.63) is 54.6 Å². The minimum atomic E-state index is -0.604. The van der Waals surface area contributed by atoms with Gasteiger partial charge in [0, 0.05) is 23.9 Å². The highest BCUT2D eigenvalue weighted by atomic mass is 16.5. The Bertz CT molecular complexity index is 945. The monoisotopic (exact) mass is 349 g/mol. The van der Waals surface area contributed by atoms with Gasteiger partial charge in [-0.3, -0.25) is 0 Å². The molecule has 2 heterocycles. The maximum Gasteiger partial charge on any atom is 0.328 e. The molecule has 1 aliphatic rings. The SMILES string of the molecule is COC(=O)[C@@H]1C[C@@H](O)CN1c1nc(-c2ccccc2)nc2ccccc12. The summed E-state index contributed by atoms with van der Waals surface area (Å²) in [5.74, 6) is 0.858. The Morgan fingerprint density at radius 3 is 2.62 bits per heavy atom. The predicted octanol–water partition coefficient (Wildman–Crippen LogP) is 2.41. The van der Waals surface area contributed by atoms with Crippen LogP contribution in [0.2, 0.25) is 0 Å². The van der Waals surface area contributed by atoms with Gasteiger partial charge in [0.25, 0.3) is 0 Å². The molecule has 0 aliphatic carbocycles. The molecule has 0 spiro atoms. The molecule has 0 bridgehead atoms. The number of ether oxygens (including phenoxy) is 1. The highest BCUT2D eigenvalue weighted by Crippen LogP contribution is 2.32. The third kappa shape index (κ3) is 2.88. The topological polar surface area (TPSA) is 75.6 Å². The van der Waals surface area contributed by atoms with Crippen molar-refractivity contribution in [2.75, 3.05) is 18.6 Å². The first-order valence-electron chi connectivity index (χ1n) is 8.52. The molecule has 1 N–H and O–H groups in total. The van der Waals surface area contributed by atoms with Crippen LogP contribution in [0.5, 0.6) is 0 Å². The minimum absolute atomic E-state index is 0.325. The summed E-state index contributed by atoms with van der Waals surface area (Å²) >= 11 is 0. The number of aliphatic hydroxyl groups is 1. The van der Waals surface area contributed by atoms with E-state index in [0.29, 0.717) is 24.6 Å². The van der Waals surface area contributed by atoms with E-state index in [1.54, 1.807) is 0 Å². The summed E-state index contributed by atoms with van der Waals surface area (Å²) in [6.45, 7) is 0.328. The number of hydrogen-bond donors (Lipinski definition) is 1. The third-order valence-electron chi connectivity index (χ3n) is 4.64. The summed E-state index contributed by atoms with van der Waals surface area (Å²) in [7, 11) is 1.36. The van der Waals surface area contributed by atoms with Gasteiger partial charge in [0.2, 0.25) is 0 Å². The van der Waals surface area contributed by atoms with Crippen LogP contribution in [0.1, 0.15) is 6.42 Å². The number of hydrogen-bond acceptors (Lipinski definition) is 6. The zero-order valence-electron chi connectivity index (χ0n) is 14.4. The van der Waals surface area contributed by atoms with Gasteiger partial charge in [-0.25, -0.2) is 14.8 Å². The number of fused-ring (bicyclic) bond motifs is 1. The third-order valence-corrected chi connectivity index (χ3v) is 4.64. The van der Waals surface area contributed by atoms with Crippen LogP contribution in [0.4, 0.5) is 5.82 Å². The van der Waals surface area contributed by atoms with Gasteiger partial charge in [-0.1, -0.05) is 42.5 Å². The predicted molar refractivity (Wildman–Crippen MR) is 98.7 cm³/mol. The van der Waals surface area contributed by atoms with E-state index < -0.39 is 12.1 Å². The molecule has 132 valence electrons. The van der Waals surface area contributed by atoms with Crippen LogP contribution in [0.25, 0.3) is 22.3 Å². The van der Waals surface area contributed by atoms with E-state index in [4.69, 9.17) is 9.72 Å². The Balaban J connectivity index is 1.89. The van der Waals surface area contributed by atoms with Gasteiger partial charge in [0.15, 0.2) is 5.82 Å². The Morgan fingerprint density at radius 1 is 1.12 bits per heavy atom. The van der Waals surface area contributed by atoms with Crippen LogP contribution in [-0.2, 0) is 9.53 Å². The van der Waals surface area contributed by atoms with Gasteiger partial charge >= 0.3 is 5.97 Å². The lowest BCUT2D eigenvalue weighted by molar-refractivity contribution is -0.142. The second-order valence-electron chi connectivity index (χ2n) is 6.33. The van der Waals surface area contributed by atoms with Crippen LogP contribution in [0, 0.1) is 0 Å². The van der Waals surface area contributed by atoms with Gasteiger partial charge in [-0.2, -0.15) is 0 Å². The quantitative estimate of drug-likeness (QED) is 0.732. The molecule has 0 unspecified atom stereocenters. The molecule has 2 atom stereocenters. The summed E-state index contributed by atoms with van der Waals surface area (Å²) in [6.07, 6.45) is -0.279. The second-order valence-corrected chi connectivity index (χ2v) is 6.33. The maximum absolute atomic E-state index is 12.2. The first kappa shape index (κ1) is 16.5. The Hall–Kier alpha value is -2.99. The fourth-order valence-corrected chi connectivity index (χ4v) is 3.40. The van der Waals surface area contributed by atoms with Gasteiger partial charge < -0.3 is 14.7 Å². The lowest BCUT2D eigenvalue weighted by Crippen LogP contribution is -2.37. The van der Waals surface area contributed by atoms with Gasteiger partial charge in [-0.05, 0) is 12.1 Å². The second kappa shape index (κ2) is 6.72. The molecule has 1 aliphatic heterocycles. The first-order valence-corrected chi connectivity index (χ1v) is 8.52. The van der Waals surface area contributed by atoms with Crippen LogP contribution >= 0.6 is 0 Å². The van der Waals surface area contributed by atoms with Crippen molar-refractivity contribution in [2.45, 2.75) is 18.6 Å². The first-order chi connectivity index (χ1) is 12.7. The Kier molecular flexibility index (Phi) is 4.26. The van der Waals surface area contributed by atoms with Crippen molar-refractivity contribution in [3.8, 4) is 11.4 Å². The van der Waals surface area contributed by atoms with Crippen LogP contribution < -0.4 is 4.90 Å². The van der Waals surface area contributed by atoms with E-state index in [1.807, 2.05) is 59.5 Å². The van der Waals surface area contributed by atoms with Crippen LogP contribution in [-0.4, -0.2) is 46.8 Å². The highest BCUT2D eigenvalue weighted by Gasteiger charge is 2.38. The number of aliphatic hydroxyl groups excluding tert-OH is 1. The molecule has 0 amide bonds. The molecular weight excluding hydrogens is 330 g/mol.